The van der Waals surface area contributed by atoms with Crippen LogP contribution in [0.15, 0.2) is 15.9 Å². The van der Waals surface area contributed by atoms with Crippen LogP contribution in [0.3, 0.4) is 0 Å². The van der Waals surface area contributed by atoms with Crippen molar-refractivity contribution in [1.29, 1.82) is 0 Å². The Hall–Kier alpha value is -0.390. The van der Waals surface area contributed by atoms with Crippen LogP contribution >= 0.6 is 27.3 Å². The van der Waals surface area contributed by atoms with Gasteiger partial charge in [0.1, 0.15) is 0 Å². The Morgan fingerprint density at radius 3 is 2.95 bits per heavy atom. The molecule has 0 aromatic carbocycles. The van der Waals surface area contributed by atoms with Gasteiger partial charge in [-0.3, -0.25) is 4.79 Å². The van der Waals surface area contributed by atoms with Crippen LogP contribution in [0.4, 0.5) is 0 Å². The molecular formula is C16H23BrN2OS. The number of piperidine rings is 1. The quantitative estimate of drug-likeness (QED) is 0.851. The summed E-state index contributed by atoms with van der Waals surface area (Å²) in [4.78, 5) is 13.6. The van der Waals surface area contributed by atoms with Gasteiger partial charge in [-0.15, -0.1) is 11.3 Å². The molecule has 0 radical (unpaired) electrons. The van der Waals surface area contributed by atoms with E-state index in [2.05, 4.69) is 38.7 Å². The number of nitrogens with one attached hydrogen (secondary N) is 2. The Morgan fingerprint density at radius 2 is 2.14 bits per heavy atom. The van der Waals surface area contributed by atoms with Crippen molar-refractivity contribution in [3.8, 4) is 0 Å². The number of fused-ring (bicyclic) bond motifs is 1. The molecule has 1 aromatic rings. The number of hydrogen-bond acceptors (Lipinski definition) is 3. The van der Waals surface area contributed by atoms with E-state index in [-0.39, 0.29) is 11.9 Å². The van der Waals surface area contributed by atoms with Crippen LogP contribution in [0.25, 0.3) is 0 Å². The van der Waals surface area contributed by atoms with Gasteiger partial charge in [-0.2, -0.15) is 0 Å². The van der Waals surface area contributed by atoms with Gasteiger partial charge in [0.15, 0.2) is 0 Å². The third-order valence-corrected chi connectivity index (χ3v) is 6.45. The molecule has 0 bridgehead atoms. The maximum absolute atomic E-state index is 12.3. The number of hydrogen-bond donors (Lipinski definition) is 2. The zero-order valence-electron chi connectivity index (χ0n) is 12.2. The normalized spacial score (nSPS) is 28.9. The van der Waals surface area contributed by atoms with Gasteiger partial charge in [0.25, 0.3) is 0 Å². The molecule has 5 heteroatoms. The molecular weight excluding hydrogens is 348 g/mol. The van der Waals surface area contributed by atoms with Crippen LogP contribution in [0.2, 0.25) is 0 Å². The van der Waals surface area contributed by atoms with Crippen LogP contribution in [-0.4, -0.2) is 24.5 Å². The Labute approximate surface area is 139 Å². The van der Waals surface area contributed by atoms with E-state index in [0.29, 0.717) is 6.04 Å². The smallest absolute Gasteiger partial charge is 0.237 e. The third-order valence-electron chi connectivity index (χ3n) is 4.77. The molecule has 116 valence electrons. The minimum Gasteiger partial charge on any atom is -0.354 e. The Morgan fingerprint density at radius 1 is 1.29 bits per heavy atom. The van der Waals surface area contributed by atoms with Crippen molar-refractivity contribution in [2.75, 3.05) is 6.54 Å². The van der Waals surface area contributed by atoms with Crippen LogP contribution in [0.5, 0.6) is 0 Å². The summed E-state index contributed by atoms with van der Waals surface area (Å²) in [6.45, 7) is 0.734. The van der Waals surface area contributed by atoms with Crippen molar-refractivity contribution < 1.29 is 4.79 Å². The molecule has 3 unspecified atom stereocenters. The first-order valence-corrected chi connectivity index (χ1v) is 9.61. The minimum atomic E-state index is 0.0272. The molecule has 0 spiro atoms. The van der Waals surface area contributed by atoms with Gasteiger partial charge in [-0.25, -0.2) is 0 Å². The second kappa shape index (κ2) is 7.25. The molecule has 3 atom stereocenters. The van der Waals surface area contributed by atoms with E-state index in [1.807, 2.05) is 0 Å². The second-order valence-corrected chi connectivity index (χ2v) is 8.74. The highest BCUT2D eigenvalue weighted by molar-refractivity contribution is 9.11. The maximum Gasteiger partial charge on any atom is 0.237 e. The highest BCUT2D eigenvalue weighted by atomic mass is 79.9. The number of carbonyl (C=O) groups is 1. The summed E-state index contributed by atoms with van der Waals surface area (Å²) in [5.41, 5.74) is 0. The summed E-state index contributed by atoms with van der Waals surface area (Å²) in [5.74, 6) is 1.00. The molecule has 2 N–H and O–H groups in total. The van der Waals surface area contributed by atoms with E-state index in [1.54, 1.807) is 11.3 Å². The summed E-state index contributed by atoms with van der Waals surface area (Å²) in [6, 6.07) is 4.79. The number of halogens is 1. The number of rotatable bonds is 4. The van der Waals surface area contributed by atoms with Crippen LogP contribution in [0.1, 0.15) is 43.4 Å². The lowest BCUT2D eigenvalue weighted by molar-refractivity contribution is -0.124. The predicted molar refractivity (Wildman–Crippen MR) is 90.6 cm³/mol. The lowest BCUT2D eigenvalue weighted by Crippen LogP contribution is -2.55. The van der Waals surface area contributed by atoms with Crippen molar-refractivity contribution in [2.45, 2.75) is 57.0 Å². The first-order chi connectivity index (χ1) is 10.2. The van der Waals surface area contributed by atoms with Gasteiger partial charge in [-0.05, 0) is 66.1 Å². The maximum atomic E-state index is 12.3. The average molecular weight is 371 g/mol. The van der Waals surface area contributed by atoms with E-state index in [9.17, 15) is 4.79 Å². The van der Waals surface area contributed by atoms with Gasteiger partial charge >= 0.3 is 0 Å². The minimum absolute atomic E-state index is 0.0272. The highest BCUT2D eigenvalue weighted by Crippen LogP contribution is 2.32. The molecule has 3 rings (SSSR count). The molecule has 1 aromatic heterocycles. The van der Waals surface area contributed by atoms with Crippen LogP contribution in [-0.2, 0) is 11.2 Å². The lowest BCUT2D eigenvalue weighted by atomic mass is 9.77. The molecule has 1 saturated carbocycles. The topological polar surface area (TPSA) is 41.1 Å². The largest absolute Gasteiger partial charge is 0.354 e. The molecule has 21 heavy (non-hydrogen) atoms. The second-order valence-electron chi connectivity index (χ2n) is 6.19. The molecule has 2 fully saturated rings. The first-order valence-electron chi connectivity index (χ1n) is 8.00. The number of amides is 1. The summed E-state index contributed by atoms with van der Waals surface area (Å²) in [6.07, 6.45) is 8.41. The zero-order valence-corrected chi connectivity index (χ0v) is 14.6. The van der Waals surface area contributed by atoms with E-state index in [0.717, 1.165) is 29.1 Å². The van der Waals surface area contributed by atoms with Crippen LogP contribution < -0.4 is 10.6 Å². The summed E-state index contributed by atoms with van der Waals surface area (Å²) < 4.78 is 1.15. The third kappa shape index (κ3) is 4.08. The van der Waals surface area contributed by atoms with E-state index in [4.69, 9.17) is 0 Å². The first kappa shape index (κ1) is 15.5. The van der Waals surface area contributed by atoms with Gasteiger partial charge in [0, 0.05) is 17.5 Å². The van der Waals surface area contributed by atoms with Crippen molar-refractivity contribution >= 4 is 33.2 Å². The summed E-state index contributed by atoms with van der Waals surface area (Å²) in [7, 11) is 0. The van der Waals surface area contributed by atoms with Gasteiger partial charge in [0.05, 0.1) is 9.83 Å². The zero-order chi connectivity index (χ0) is 14.7. The van der Waals surface area contributed by atoms with Gasteiger partial charge in [0.2, 0.25) is 5.91 Å². The highest BCUT2D eigenvalue weighted by Gasteiger charge is 2.34. The molecule has 2 heterocycles. The monoisotopic (exact) mass is 370 g/mol. The average Bonchev–Trinajstić information content (AvgIpc) is 2.92. The number of thiophene rings is 1. The fourth-order valence-corrected chi connectivity index (χ4v) is 5.10. The molecule has 1 amide bonds. The van der Waals surface area contributed by atoms with Gasteiger partial charge in [-0.1, -0.05) is 12.8 Å². The van der Waals surface area contributed by atoms with Crippen molar-refractivity contribution in [2.24, 2.45) is 5.92 Å². The molecule has 1 aliphatic heterocycles. The van der Waals surface area contributed by atoms with E-state index < -0.39 is 0 Å². The molecule has 2 aliphatic rings. The summed E-state index contributed by atoms with van der Waals surface area (Å²) in [5, 5.41) is 6.69. The van der Waals surface area contributed by atoms with Crippen molar-refractivity contribution in [3.05, 3.63) is 20.8 Å². The van der Waals surface area contributed by atoms with Gasteiger partial charge < -0.3 is 10.6 Å². The van der Waals surface area contributed by atoms with E-state index >= 15 is 0 Å². The predicted octanol–water partition coefficient (Wildman–Crippen LogP) is 3.48. The lowest BCUT2D eigenvalue weighted by Gasteiger charge is -2.39. The molecule has 3 nitrogen and oxygen atoms in total. The molecule has 1 saturated heterocycles. The Kier molecular flexibility index (Phi) is 5.35. The summed E-state index contributed by atoms with van der Waals surface area (Å²) >= 11 is 5.21. The fourth-order valence-electron chi connectivity index (χ4n) is 3.62. The van der Waals surface area contributed by atoms with Crippen molar-refractivity contribution in [1.82, 2.24) is 10.6 Å². The Bertz CT molecular complexity index is 490. The Balaban J connectivity index is 1.43. The van der Waals surface area contributed by atoms with E-state index in [1.165, 1.54) is 37.0 Å². The van der Waals surface area contributed by atoms with Crippen LogP contribution in [0, 0.1) is 5.92 Å². The standard InChI is InChI=1S/C16H23BrN2OS/c17-15-8-6-12(21-15)9-10-18-16(20)14-7-5-11-3-1-2-4-13(11)19-14/h6,8,11,13-14,19H,1-5,7,9-10H2,(H,18,20). The molecule has 1 aliphatic carbocycles. The fraction of sp³-hybridized carbons (Fsp3) is 0.688. The SMILES string of the molecule is O=C(NCCc1ccc(Br)s1)C1CCC2CCCCC2N1. The van der Waals surface area contributed by atoms with Crippen molar-refractivity contribution in [3.63, 3.8) is 0 Å². The number of carbonyl (C=O) groups excluding carboxylic acids is 1.